The van der Waals surface area contributed by atoms with Crippen molar-refractivity contribution in [3.63, 3.8) is 0 Å². The van der Waals surface area contributed by atoms with Crippen molar-refractivity contribution in [1.82, 2.24) is 5.16 Å². The molecule has 0 saturated carbocycles. The lowest BCUT2D eigenvalue weighted by atomic mass is 10.00. The van der Waals surface area contributed by atoms with Crippen LogP contribution >= 0.6 is 0 Å². The Kier molecular flexibility index (Phi) is 2.59. The fourth-order valence-electron chi connectivity index (χ4n) is 2.31. The maximum atomic E-state index is 5.35. The van der Waals surface area contributed by atoms with Gasteiger partial charge in [0.2, 0.25) is 5.88 Å². The van der Waals surface area contributed by atoms with Gasteiger partial charge in [-0.15, -0.1) is 0 Å². The molecule has 1 aliphatic heterocycles. The fraction of sp³-hybridized carbons (Fsp3) is 0.357. The van der Waals surface area contributed by atoms with E-state index in [2.05, 4.69) is 41.7 Å². The average Bonchev–Trinajstić information content (AvgIpc) is 2.82. The number of hydrogen-bond donors (Lipinski definition) is 1. The Hall–Kier alpha value is -1.77. The molecule has 2 heterocycles. The zero-order valence-electron chi connectivity index (χ0n) is 9.99. The number of nitrogens with one attached hydrogen (secondary N) is 1. The van der Waals surface area contributed by atoms with Gasteiger partial charge in [-0.3, -0.25) is 0 Å². The zero-order chi connectivity index (χ0) is 11.7. The van der Waals surface area contributed by atoms with Crippen LogP contribution in [-0.2, 0) is 12.8 Å². The predicted octanol–water partition coefficient (Wildman–Crippen LogP) is 3.26. The first-order valence-corrected chi connectivity index (χ1v) is 6.20. The summed E-state index contributed by atoms with van der Waals surface area (Å²) in [5.74, 6) is 0.855. The summed E-state index contributed by atoms with van der Waals surface area (Å²) in [6.45, 7) is 3.15. The fourth-order valence-corrected chi connectivity index (χ4v) is 2.31. The van der Waals surface area contributed by atoms with Gasteiger partial charge in [0.15, 0.2) is 0 Å². The molecule has 0 unspecified atom stereocenters. The summed E-state index contributed by atoms with van der Waals surface area (Å²) in [4.78, 5) is 0. The monoisotopic (exact) mass is 228 g/mol. The minimum atomic E-state index is 0.855. The van der Waals surface area contributed by atoms with Crippen LogP contribution in [0.1, 0.15) is 24.5 Å². The van der Waals surface area contributed by atoms with Crippen molar-refractivity contribution >= 4 is 5.88 Å². The number of anilines is 1. The molecule has 3 heteroatoms. The van der Waals surface area contributed by atoms with Crippen LogP contribution in [0.2, 0.25) is 0 Å². The van der Waals surface area contributed by atoms with E-state index in [-0.39, 0.29) is 0 Å². The molecule has 0 atom stereocenters. The van der Waals surface area contributed by atoms with Crippen molar-refractivity contribution in [3.05, 3.63) is 35.4 Å². The summed E-state index contributed by atoms with van der Waals surface area (Å²) in [7, 11) is 0. The molecule has 2 aromatic rings. The lowest BCUT2D eigenvalue weighted by molar-refractivity contribution is 0.431. The number of hydrogen-bond acceptors (Lipinski definition) is 3. The summed E-state index contributed by atoms with van der Waals surface area (Å²) >= 11 is 0. The lowest BCUT2D eigenvalue weighted by Gasteiger charge is -2.11. The number of nitrogens with zero attached hydrogens (tertiary/aromatic N) is 1. The van der Waals surface area contributed by atoms with Gasteiger partial charge in [-0.25, -0.2) is 0 Å². The molecule has 0 fully saturated rings. The van der Waals surface area contributed by atoms with Crippen molar-refractivity contribution in [2.75, 3.05) is 11.9 Å². The number of fused-ring (bicyclic) bond motifs is 1. The molecule has 3 nitrogen and oxygen atoms in total. The van der Waals surface area contributed by atoms with Gasteiger partial charge in [-0.1, -0.05) is 30.3 Å². The van der Waals surface area contributed by atoms with Crippen molar-refractivity contribution in [3.8, 4) is 11.3 Å². The second kappa shape index (κ2) is 4.24. The third-order valence-electron chi connectivity index (χ3n) is 3.29. The van der Waals surface area contributed by atoms with Gasteiger partial charge >= 0.3 is 0 Å². The molecule has 0 spiro atoms. The molecule has 0 aliphatic carbocycles. The molecule has 0 saturated heterocycles. The highest BCUT2D eigenvalue weighted by Crippen LogP contribution is 2.32. The summed E-state index contributed by atoms with van der Waals surface area (Å²) in [5.41, 5.74) is 4.73. The van der Waals surface area contributed by atoms with Gasteiger partial charge < -0.3 is 9.84 Å². The van der Waals surface area contributed by atoms with Gasteiger partial charge in [0.05, 0.1) is 0 Å². The average molecular weight is 228 g/mol. The Morgan fingerprint density at radius 2 is 2.35 bits per heavy atom. The van der Waals surface area contributed by atoms with Crippen LogP contribution in [0.15, 0.2) is 28.8 Å². The second-order valence-electron chi connectivity index (χ2n) is 4.42. The Morgan fingerprint density at radius 1 is 1.41 bits per heavy atom. The molecule has 1 aliphatic rings. The van der Waals surface area contributed by atoms with Crippen LogP contribution in [0.4, 0.5) is 5.88 Å². The van der Waals surface area contributed by atoms with Crippen LogP contribution in [0, 0.1) is 0 Å². The second-order valence-corrected chi connectivity index (χ2v) is 4.42. The minimum absolute atomic E-state index is 0.855. The zero-order valence-corrected chi connectivity index (χ0v) is 9.99. The van der Waals surface area contributed by atoms with Crippen molar-refractivity contribution in [1.29, 1.82) is 0 Å². The molecule has 1 aromatic carbocycles. The van der Waals surface area contributed by atoms with E-state index >= 15 is 0 Å². The normalized spacial score (nSPS) is 14.2. The van der Waals surface area contributed by atoms with Gasteiger partial charge in [-0.2, -0.15) is 0 Å². The molecule has 0 bridgehead atoms. The lowest BCUT2D eigenvalue weighted by Crippen LogP contribution is -2.10. The SMILES string of the molecule is CCc1cccc(-c2noc3c2CCCN3)c1. The molecular weight excluding hydrogens is 212 g/mol. The van der Waals surface area contributed by atoms with E-state index in [4.69, 9.17) is 4.52 Å². The first kappa shape index (κ1) is 10.4. The van der Waals surface area contributed by atoms with Crippen LogP contribution in [0.5, 0.6) is 0 Å². The molecule has 1 N–H and O–H groups in total. The maximum Gasteiger partial charge on any atom is 0.228 e. The van der Waals surface area contributed by atoms with E-state index in [9.17, 15) is 0 Å². The van der Waals surface area contributed by atoms with Crippen LogP contribution in [0.3, 0.4) is 0 Å². The van der Waals surface area contributed by atoms with E-state index < -0.39 is 0 Å². The summed E-state index contributed by atoms with van der Waals surface area (Å²) in [6, 6.07) is 8.54. The standard InChI is InChI=1S/C14H16N2O/c1-2-10-5-3-6-11(9-10)13-12-7-4-8-15-14(12)17-16-13/h3,5-6,9,15H,2,4,7-8H2,1H3. The smallest absolute Gasteiger partial charge is 0.228 e. The Labute approximate surface area is 101 Å². The van der Waals surface area contributed by atoms with Crippen molar-refractivity contribution < 1.29 is 4.52 Å². The largest absolute Gasteiger partial charge is 0.354 e. The van der Waals surface area contributed by atoms with E-state index in [1.54, 1.807) is 0 Å². The highest BCUT2D eigenvalue weighted by Gasteiger charge is 2.19. The quantitative estimate of drug-likeness (QED) is 0.857. The summed E-state index contributed by atoms with van der Waals surface area (Å²) in [5, 5.41) is 7.46. The molecule has 3 rings (SSSR count). The van der Waals surface area contributed by atoms with E-state index in [0.29, 0.717) is 0 Å². The number of aromatic nitrogens is 1. The highest BCUT2D eigenvalue weighted by molar-refractivity contribution is 5.69. The number of aryl methyl sites for hydroxylation is 1. The van der Waals surface area contributed by atoms with Crippen LogP contribution in [-0.4, -0.2) is 11.7 Å². The third kappa shape index (κ3) is 1.82. The van der Waals surface area contributed by atoms with Crippen molar-refractivity contribution in [2.45, 2.75) is 26.2 Å². The summed E-state index contributed by atoms with van der Waals surface area (Å²) in [6.07, 6.45) is 3.25. The van der Waals surface area contributed by atoms with Gasteiger partial charge in [0, 0.05) is 17.7 Å². The van der Waals surface area contributed by atoms with Crippen LogP contribution < -0.4 is 5.32 Å². The molecular formula is C14H16N2O. The molecule has 1 aromatic heterocycles. The first-order valence-electron chi connectivity index (χ1n) is 6.20. The molecule has 0 radical (unpaired) electrons. The van der Waals surface area contributed by atoms with E-state index in [1.165, 1.54) is 11.1 Å². The Morgan fingerprint density at radius 3 is 3.24 bits per heavy atom. The Balaban J connectivity index is 2.05. The maximum absolute atomic E-state index is 5.35. The predicted molar refractivity (Wildman–Crippen MR) is 68.1 cm³/mol. The number of benzene rings is 1. The first-order chi connectivity index (χ1) is 8.38. The topological polar surface area (TPSA) is 38.1 Å². The molecule has 17 heavy (non-hydrogen) atoms. The number of rotatable bonds is 2. The van der Waals surface area contributed by atoms with Crippen LogP contribution in [0.25, 0.3) is 11.3 Å². The third-order valence-corrected chi connectivity index (χ3v) is 3.29. The van der Waals surface area contributed by atoms with Crippen molar-refractivity contribution in [2.24, 2.45) is 0 Å². The molecule has 0 amide bonds. The van der Waals surface area contributed by atoms with Gasteiger partial charge in [0.1, 0.15) is 5.69 Å². The molecule has 88 valence electrons. The highest BCUT2D eigenvalue weighted by atomic mass is 16.5. The van der Waals surface area contributed by atoms with E-state index in [1.807, 2.05) is 0 Å². The minimum Gasteiger partial charge on any atom is -0.354 e. The van der Waals surface area contributed by atoms with Gasteiger partial charge in [-0.05, 0) is 30.9 Å². The summed E-state index contributed by atoms with van der Waals surface area (Å²) < 4.78 is 5.35. The Bertz CT molecular complexity index is 531. The van der Waals surface area contributed by atoms with E-state index in [0.717, 1.165) is 42.9 Å². The van der Waals surface area contributed by atoms with Gasteiger partial charge in [0.25, 0.3) is 0 Å².